The maximum Gasteiger partial charge on any atom is 0.240 e. The standard InChI is InChI=1S/C12H20N2O2S2/c1-9(17-3)8-14-18(15,16)12-6-4-5-11(7-12)10(2)13/h4-7,9-10,14H,8,13H2,1-3H3. The number of rotatable bonds is 6. The molecular formula is C12H20N2O2S2. The van der Waals surface area contributed by atoms with Crippen LogP contribution in [-0.4, -0.2) is 26.5 Å². The van der Waals surface area contributed by atoms with Gasteiger partial charge in [-0.15, -0.1) is 0 Å². The highest BCUT2D eigenvalue weighted by Crippen LogP contribution is 2.16. The van der Waals surface area contributed by atoms with Crippen molar-refractivity contribution in [3.8, 4) is 0 Å². The van der Waals surface area contributed by atoms with Crippen LogP contribution in [0.15, 0.2) is 29.2 Å². The number of hydrogen-bond acceptors (Lipinski definition) is 4. The van der Waals surface area contributed by atoms with Crippen molar-refractivity contribution in [2.45, 2.75) is 30.0 Å². The van der Waals surface area contributed by atoms with Crippen LogP contribution in [0.3, 0.4) is 0 Å². The topological polar surface area (TPSA) is 72.2 Å². The highest BCUT2D eigenvalue weighted by molar-refractivity contribution is 7.99. The monoisotopic (exact) mass is 288 g/mol. The third-order valence-electron chi connectivity index (χ3n) is 2.66. The summed E-state index contributed by atoms with van der Waals surface area (Å²) in [4.78, 5) is 0.269. The number of thioether (sulfide) groups is 1. The van der Waals surface area contributed by atoms with E-state index in [-0.39, 0.29) is 16.2 Å². The van der Waals surface area contributed by atoms with Crippen LogP contribution in [0.1, 0.15) is 25.5 Å². The highest BCUT2D eigenvalue weighted by Gasteiger charge is 2.15. The summed E-state index contributed by atoms with van der Waals surface area (Å²) in [5.41, 5.74) is 6.57. The predicted octanol–water partition coefficient (Wildman–Crippen LogP) is 1.74. The lowest BCUT2D eigenvalue weighted by Crippen LogP contribution is -2.29. The quantitative estimate of drug-likeness (QED) is 0.836. The smallest absolute Gasteiger partial charge is 0.240 e. The van der Waals surface area contributed by atoms with Gasteiger partial charge in [0.2, 0.25) is 10.0 Å². The van der Waals surface area contributed by atoms with E-state index in [9.17, 15) is 8.42 Å². The SMILES string of the molecule is CSC(C)CNS(=O)(=O)c1cccc(C(C)N)c1. The Hall–Kier alpha value is -0.560. The first-order valence-corrected chi connectivity index (χ1v) is 8.52. The molecule has 1 rings (SSSR count). The Kier molecular flexibility index (Phi) is 5.65. The van der Waals surface area contributed by atoms with Gasteiger partial charge >= 0.3 is 0 Å². The molecule has 2 unspecified atom stereocenters. The van der Waals surface area contributed by atoms with E-state index in [1.165, 1.54) is 0 Å². The second kappa shape index (κ2) is 6.56. The molecule has 0 radical (unpaired) electrons. The summed E-state index contributed by atoms with van der Waals surface area (Å²) in [6.45, 7) is 4.23. The first-order chi connectivity index (χ1) is 8.36. The molecule has 1 aromatic carbocycles. The van der Waals surface area contributed by atoms with E-state index in [1.54, 1.807) is 30.0 Å². The molecule has 3 N–H and O–H groups in total. The summed E-state index contributed by atoms with van der Waals surface area (Å²) in [5.74, 6) is 0. The average molecular weight is 288 g/mol. The predicted molar refractivity (Wildman–Crippen MR) is 77.2 cm³/mol. The van der Waals surface area contributed by atoms with Gasteiger partial charge in [0.25, 0.3) is 0 Å². The summed E-state index contributed by atoms with van der Waals surface area (Å²) in [5, 5.41) is 0.247. The van der Waals surface area contributed by atoms with Gasteiger partial charge in [0.05, 0.1) is 4.90 Å². The summed E-state index contributed by atoms with van der Waals surface area (Å²) >= 11 is 1.62. The lowest BCUT2D eigenvalue weighted by Gasteiger charge is -2.12. The van der Waals surface area contributed by atoms with Gasteiger partial charge in [-0.25, -0.2) is 13.1 Å². The Morgan fingerprint density at radius 2 is 2.06 bits per heavy atom. The van der Waals surface area contributed by atoms with Gasteiger partial charge in [-0.05, 0) is 30.9 Å². The van der Waals surface area contributed by atoms with Crippen LogP contribution in [0.4, 0.5) is 0 Å². The van der Waals surface area contributed by atoms with Crippen molar-refractivity contribution < 1.29 is 8.42 Å². The number of benzene rings is 1. The molecule has 102 valence electrons. The van der Waals surface area contributed by atoms with Crippen LogP contribution in [0, 0.1) is 0 Å². The summed E-state index contributed by atoms with van der Waals surface area (Å²) in [7, 11) is -3.44. The minimum absolute atomic E-state index is 0.176. The second-order valence-corrected chi connectivity index (χ2v) is 7.30. The van der Waals surface area contributed by atoms with Gasteiger partial charge in [0.15, 0.2) is 0 Å². The molecule has 0 fully saturated rings. The number of hydrogen-bond donors (Lipinski definition) is 2. The Morgan fingerprint density at radius 3 is 2.61 bits per heavy atom. The van der Waals surface area contributed by atoms with Crippen molar-refractivity contribution in [1.82, 2.24) is 4.72 Å². The van der Waals surface area contributed by atoms with Gasteiger partial charge < -0.3 is 5.73 Å². The molecule has 4 nitrogen and oxygen atoms in total. The number of sulfonamides is 1. The molecule has 0 aliphatic carbocycles. The van der Waals surface area contributed by atoms with E-state index >= 15 is 0 Å². The molecule has 18 heavy (non-hydrogen) atoms. The van der Waals surface area contributed by atoms with E-state index in [0.717, 1.165) is 5.56 Å². The third kappa shape index (κ3) is 4.28. The highest BCUT2D eigenvalue weighted by atomic mass is 32.2. The summed E-state index contributed by atoms with van der Waals surface area (Å²) in [6, 6.07) is 6.57. The first kappa shape index (κ1) is 15.5. The third-order valence-corrected chi connectivity index (χ3v) is 5.05. The van der Waals surface area contributed by atoms with E-state index < -0.39 is 10.0 Å². The Morgan fingerprint density at radius 1 is 1.39 bits per heavy atom. The van der Waals surface area contributed by atoms with Gasteiger partial charge in [0.1, 0.15) is 0 Å². The van der Waals surface area contributed by atoms with Crippen molar-refractivity contribution in [3.63, 3.8) is 0 Å². The van der Waals surface area contributed by atoms with Crippen LogP contribution in [-0.2, 0) is 10.0 Å². The molecular weight excluding hydrogens is 268 g/mol. The largest absolute Gasteiger partial charge is 0.324 e. The van der Waals surface area contributed by atoms with Crippen molar-refractivity contribution in [1.29, 1.82) is 0 Å². The van der Waals surface area contributed by atoms with Crippen molar-refractivity contribution in [2.24, 2.45) is 5.73 Å². The fourth-order valence-corrected chi connectivity index (χ4v) is 2.90. The molecule has 0 spiro atoms. The Bertz CT molecular complexity index is 487. The minimum atomic E-state index is -3.44. The van der Waals surface area contributed by atoms with Crippen LogP contribution < -0.4 is 10.5 Å². The van der Waals surface area contributed by atoms with Crippen LogP contribution in [0.5, 0.6) is 0 Å². The fraction of sp³-hybridized carbons (Fsp3) is 0.500. The minimum Gasteiger partial charge on any atom is -0.324 e. The van der Waals surface area contributed by atoms with E-state index in [0.29, 0.717) is 6.54 Å². The van der Waals surface area contributed by atoms with E-state index in [4.69, 9.17) is 5.73 Å². The zero-order chi connectivity index (χ0) is 13.8. The zero-order valence-corrected chi connectivity index (χ0v) is 12.5. The molecule has 0 bridgehead atoms. The molecule has 1 aromatic rings. The Labute approximate surface area is 113 Å². The fourth-order valence-electron chi connectivity index (χ4n) is 1.36. The summed E-state index contributed by atoms with van der Waals surface area (Å²) < 4.78 is 26.7. The molecule has 2 atom stereocenters. The second-order valence-electron chi connectivity index (χ2n) is 4.26. The zero-order valence-electron chi connectivity index (χ0n) is 10.9. The molecule has 0 aromatic heterocycles. The number of nitrogens with two attached hydrogens (primary N) is 1. The number of nitrogens with one attached hydrogen (secondary N) is 1. The van der Waals surface area contributed by atoms with Crippen molar-refractivity contribution in [2.75, 3.05) is 12.8 Å². The van der Waals surface area contributed by atoms with Crippen molar-refractivity contribution >= 4 is 21.8 Å². The Balaban J connectivity index is 2.88. The normalized spacial score (nSPS) is 15.3. The van der Waals surface area contributed by atoms with Gasteiger partial charge in [0, 0.05) is 17.8 Å². The van der Waals surface area contributed by atoms with Crippen LogP contribution >= 0.6 is 11.8 Å². The molecule has 0 aliphatic rings. The first-order valence-electron chi connectivity index (χ1n) is 5.75. The molecule has 0 saturated heterocycles. The maximum atomic E-state index is 12.1. The average Bonchev–Trinajstić information content (AvgIpc) is 2.36. The lowest BCUT2D eigenvalue weighted by atomic mass is 10.1. The molecule has 0 saturated carbocycles. The van der Waals surface area contributed by atoms with Gasteiger partial charge in [-0.3, -0.25) is 0 Å². The van der Waals surface area contributed by atoms with Gasteiger partial charge in [-0.1, -0.05) is 19.1 Å². The van der Waals surface area contributed by atoms with Crippen molar-refractivity contribution in [3.05, 3.63) is 29.8 Å². The van der Waals surface area contributed by atoms with Gasteiger partial charge in [-0.2, -0.15) is 11.8 Å². The maximum absolute atomic E-state index is 12.1. The molecule has 6 heteroatoms. The molecule has 0 heterocycles. The lowest BCUT2D eigenvalue weighted by molar-refractivity contribution is 0.581. The summed E-state index contributed by atoms with van der Waals surface area (Å²) in [6.07, 6.45) is 1.95. The van der Waals surface area contributed by atoms with Crippen LogP contribution in [0.2, 0.25) is 0 Å². The molecule has 0 amide bonds. The molecule has 0 aliphatic heterocycles. The van der Waals surface area contributed by atoms with E-state index in [1.807, 2.05) is 26.2 Å². The van der Waals surface area contributed by atoms with Crippen LogP contribution in [0.25, 0.3) is 0 Å². The van der Waals surface area contributed by atoms with E-state index in [2.05, 4.69) is 4.72 Å².